The second-order valence-electron chi connectivity index (χ2n) is 3.62. The molecule has 0 aliphatic carbocycles. The van der Waals surface area contributed by atoms with Gasteiger partial charge in [0, 0.05) is 23.3 Å². The second kappa shape index (κ2) is 4.74. The van der Waals surface area contributed by atoms with E-state index < -0.39 is 0 Å². The quantitative estimate of drug-likeness (QED) is 0.762. The van der Waals surface area contributed by atoms with Gasteiger partial charge in [-0.3, -0.25) is 0 Å². The Hall–Kier alpha value is -1.22. The highest BCUT2D eigenvalue weighted by Gasteiger charge is 2.22. The van der Waals surface area contributed by atoms with Crippen LogP contribution in [0.3, 0.4) is 0 Å². The van der Waals surface area contributed by atoms with Crippen LogP contribution in [0, 0.1) is 13.8 Å². The van der Waals surface area contributed by atoms with E-state index in [1.54, 1.807) is 11.5 Å². The number of carbonyl (C=O) groups excluding carboxylic acids is 1. The molecule has 0 saturated carbocycles. The zero-order chi connectivity index (χ0) is 12.5. The topological polar surface area (TPSA) is 31.2 Å². The summed E-state index contributed by atoms with van der Waals surface area (Å²) in [6.45, 7) is 9.60. The SMILES string of the molecule is C=C(Cl)c1c(C)c(C(=O)OCC)n(C)c1C. The summed E-state index contributed by atoms with van der Waals surface area (Å²) in [5, 5.41) is 0.446. The predicted molar refractivity (Wildman–Crippen MR) is 65.7 cm³/mol. The van der Waals surface area contributed by atoms with Gasteiger partial charge < -0.3 is 9.30 Å². The van der Waals surface area contributed by atoms with Crippen LogP contribution in [0.4, 0.5) is 0 Å². The third-order valence-corrected chi connectivity index (χ3v) is 2.86. The van der Waals surface area contributed by atoms with E-state index in [0.29, 0.717) is 17.3 Å². The van der Waals surface area contributed by atoms with Crippen LogP contribution in [0.1, 0.15) is 34.2 Å². The van der Waals surface area contributed by atoms with E-state index in [1.807, 2.05) is 20.9 Å². The Kier molecular flexibility index (Phi) is 3.81. The monoisotopic (exact) mass is 241 g/mol. The molecule has 0 radical (unpaired) electrons. The average molecular weight is 242 g/mol. The average Bonchev–Trinajstić information content (AvgIpc) is 2.38. The molecule has 4 heteroatoms. The summed E-state index contributed by atoms with van der Waals surface area (Å²) in [5.74, 6) is -0.324. The van der Waals surface area contributed by atoms with Crippen LogP contribution in [0.5, 0.6) is 0 Å². The fraction of sp³-hybridized carbons (Fsp3) is 0.417. The Morgan fingerprint density at radius 1 is 1.50 bits per heavy atom. The summed E-state index contributed by atoms with van der Waals surface area (Å²) >= 11 is 5.92. The van der Waals surface area contributed by atoms with Crippen molar-refractivity contribution >= 4 is 22.6 Å². The Balaban J connectivity index is 3.37. The minimum Gasteiger partial charge on any atom is -0.461 e. The Labute approximate surface area is 101 Å². The van der Waals surface area contributed by atoms with E-state index in [1.165, 1.54) is 0 Å². The summed E-state index contributed by atoms with van der Waals surface area (Å²) in [4.78, 5) is 11.8. The molecular formula is C12H16ClNO2. The summed E-state index contributed by atoms with van der Waals surface area (Å²) in [6, 6.07) is 0. The lowest BCUT2D eigenvalue weighted by Crippen LogP contribution is -2.11. The van der Waals surface area contributed by atoms with E-state index in [4.69, 9.17) is 16.3 Å². The molecule has 0 aromatic carbocycles. The lowest BCUT2D eigenvalue weighted by molar-refractivity contribution is 0.0514. The third-order valence-electron chi connectivity index (χ3n) is 2.67. The number of hydrogen-bond donors (Lipinski definition) is 0. The van der Waals surface area contributed by atoms with Crippen molar-refractivity contribution in [3.63, 3.8) is 0 Å². The molecule has 0 unspecified atom stereocenters. The highest BCUT2D eigenvalue weighted by atomic mass is 35.5. The van der Waals surface area contributed by atoms with Crippen molar-refractivity contribution in [2.45, 2.75) is 20.8 Å². The maximum absolute atomic E-state index is 11.8. The van der Waals surface area contributed by atoms with E-state index in [9.17, 15) is 4.79 Å². The molecule has 1 heterocycles. The number of nitrogens with zero attached hydrogens (tertiary/aromatic N) is 1. The molecule has 88 valence electrons. The molecule has 0 amide bonds. The molecule has 1 aromatic heterocycles. The van der Waals surface area contributed by atoms with Gasteiger partial charge in [0.25, 0.3) is 0 Å². The zero-order valence-electron chi connectivity index (χ0n) is 10.1. The molecule has 1 rings (SSSR count). The number of aromatic nitrogens is 1. The zero-order valence-corrected chi connectivity index (χ0v) is 10.8. The molecule has 0 saturated heterocycles. The van der Waals surface area contributed by atoms with Crippen molar-refractivity contribution in [3.8, 4) is 0 Å². The first-order valence-corrected chi connectivity index (χ1v) is 5.47. The molecule has 3 nitrogen and oxygen atoms in total. The third kappa shape index (κ3) is 2.00. The molecule has 0 atom stereocenters. The molecule has 0 aliphatic rings. The number of hydrogen-bond acceptors (Lipinski definition) is 2. The van der Waals surface area contributed by atoms with Crippen molar-refractivity contribution in [1.82, 2.24) is 4.57 Å². The number of esters is 1. The summed E-state index contributed by atoms with van der Waals surface area (Å²) in [7, 11) is 1.82. The highest BCUT2D eigenvalue weighted by molar-refractivity contribution is 6.48. The molecule has 0 bridgehead atoms. The van der Waals surface area contributed by atoms with Crippen molar-refractivity contribution in [2.24, 2.45) is 7.05 Å². The van der Waals surface area contributed by atoms with Crippen LogP contribution in [0.25, 0.3) is 5.03 Å². The highest BCUT2D eigenvalue weighted by Crippen LogP contribution is 2.29. The van der Waals surface area contributed by atoms with Gasteiger partial charge in [-0.25, -0.2) is 4.79 Å². The van der Waals surface area contributed by atoms with E-state index in [-0.39, 0.29) is 5.97 Å². The number of ether oxygens (including phenoxy) is 1. The minimum atomic E-state index is -0.324. The van der Waals surface area contributed by atoms with Crippen LogP contribution >= 0.6 is 11.6 Å². The first-order chi connectivity index (χ1) is 7.41. The first-order valence-electron chi connectivity index (χ1n) is 5.09. The van der Waals surface area contributed by atoms with Crippen LogP contribution in [-0.2, 0) is 11.8 Å². The molecule has 0 fully saturated rings. The molecule has 0 spiro atoms. The smallest absolute Gasteiger partial charge is 0.355 e. The van der Waals surface area contributed by atoms with Crippen molar-refractivity contribution in [2.75, 3.05) is 6.61 Å². The predicted octanol–water partition coefficient (Wildman–Crippen LogP) is 3.03. The van der Waals surface area contributed by atoms with Gasteiger partial charge in [-0.2, -0.15) is 0 Å². The second-order valence-corrected chi connectivity index (χ2v) is 4.07. The van der Waals surface area contributed by atoms with Gasteiger partial charge in [0.15, 0.2) is 0 Å². The molecular weight excluding hydrogens is 226 g/mol. The largest absolute Gasteiger partial charge is 0.461 e. The number of carbonyl (C=O) groups is 1. The maximum atomic E-state index is 11.8. The van der Waals surface area contributed by atoms with E-state index >= 15 is 0 Å². The number of halogens is 1. The van der Waals surface area contributed by atoms with Crippen LogP contribution in [-0.4, -0.2) is 17.1 Å². The van der Waals surface area contributed by atoms with Gasteiger partial charge in [0.1, 0.15) is 5.69 Å². The lowest BCUT2D eigenvalue weighted by atomic mass is 10.1. The lowest BCUT2D eigenvalue weighted by Gasteiger charge is -2.05. The van der Waals surface area contributed by atoms with Crippen molar-refractivity contribution in [1.29, 1.82) is 0 Å². The fourth-order valence-electron chi connectivity index (χ4n) is 1.87. The van der Waals surface area contributed by atoms with Crippen molar-refractivity contribution < 1.29 is 9.53 Å². The van der Waals surface area contributed by atoms with Crippen LogP contribution in [0.2, 0.25) is 0 Å². The Morgan fingerprint density at radius 3 is 2.44 bits per heavy atom. The summed E-state index contributed by atoms with van der Waals surface area (Å²) < 4.78 is 6.79. The van der Waals surface area contributed by atoms with Gasteiger partial charge in [-0.15, -0.1) is 0 Å². The van der Waals surface area contributed by atoms with Crippen molar-refractivity contribution in [3.05, 3.63) is 29.1 Å². The Morgan fingerprint density at radius 2 is 2.06 bits per heavy atom. The summed E-state index contributed by atoms with van der Waals surface area (Å²) in [6.07, 6.45) is 0. The normalized spacial score (nSPS) is 10.3. The maximum Gasteiger partial charge on any atom is 0.355 e. The Bertz CT molecular complexity index is 446. The first kappa shape index (κ1) is 12.8. The minimum absolute atomic E-state index is 0.324. The standard InChI is InChI=1S/C12H16ClNO2/c1-6-16-12(15)11-7(2)10(8(3)13)9(4)14(11)5/h3,6H2,1-2,4-5H3. The molecule has 16 heavy (non-hydrogen) atoms. The molecule has 0 N–H and O–H groups in total. The summed E-state index contributed by atoms with van der Waals surface area (Å²) in [5.41, 5.74) is 3.10. The fourth-order valence-corrected chi connectivity index (χ4v) is 2.14. The van der Waals surface area contributed by atoms with Gasteiger partial charge in [0.2, 0.25) is 0 Å². The van der Waals surface area contributed by atoms with Gasteiger partial charge in [-0.05, 0) is 26.3 Å². The number of rotatable bonds is 3. The molecule has 0 aliphatic heterocycles. The van der Waals surface area contributed by atoms with Gasteiger partial charge in [-0.1, -0.05) is 18.2 Å². The van der Waals surface area contributed by atoms with Gasteiger partial charge in [0.05, 0.1) is 6.61 Å². The van der Waals surface area contributed by atoms with Crippen LogP contribution in [0.15, 0.2) is 6.58 Å². The van der Waals surface area contributed by atoms with E-state index in [2.05, 4.69) is 6.58 Å². The van der Waals surface area contributed by atoms with Gasteiger partial charge >= 0.3 is 5.97 Å². The van der Waals surface area contributed by atoms with Crippen LogP contribution < -0.4 is 0 Å². The molecule has 1 aromatic rings. The van der Waals surface area contributed by atoms with E-state index in [0.717, 1.165) is 16.8 Å².